The van der Waals surface area contributed by atoms with Gasteiger partial charge in [-0.25, -0.2) is 0 Å². The number of hydrogen-bond donors (Lipinski definition) is 2. The van der Waals surface area contributed by atoms with E-state index in [9.17, 15) is 5.11 Å². The van der Waals surface area contributed by atoms with E-state index >= 15 is 0 Å². The van der Waals surface area contributed by atoms with E-state index in [-0.39, 0.29) is 18.2 Å². The molecule has 0 aliphatic heterocycles. The molecular weight excluding hydrogens is 202 g/mol. The van der Waals surface area contributed by atoms with E-state index in [1.807, 2.05) is 0 Å². The zero-order valence-electron chi connectivity index (χ0n) is 10.5. The van der Waals surface area contributed by atoms with Gasteiger partial charge in [-0.1, -0.05) is 0 Å². The van der Waals surface area contributed by atoms with E-state index in [0.717, 1.165) is 6.42 Å². The highest BCUT2D eigenvalue weighted by molar-refractivity contribution is 4.93. The van der Waals surface area contributed by atoms with Crippen molar-refractivity contribution in [3.63, 3.8) is 0 Å². The first kappa shape index (κ1) is 12.3. The Morgan fingerprint density at radius 2 is 2.06 bits per heavy atom. The maximum atomic E-state index is 9.50. The van der Waals surface area contributed by atoms with Crippen LogP contribution in [0.4, 0.5) is 0 Å². The Labute approximate surface area is 98.6 Å². The number of hydrogen-bond acceptors (Lipinski definition) is 3. The van der Waals surface area contributed by atoms with Crippen molar-refractivity contribution in [2.24, 2.45) is 0 Å². The molecule has 2 aliphatic carbocycles. The first-order chi connectivity index (χ1) is 7.61. The predicted molar refractivity (Wildman–Crippen MR) is 64.5 cm³/mol. The molecule has 3 heteroatoms. The molecule has 0 heterocycles. The predicted octanol–water partition coefficient (Wildman–Crippen LogP) is 1.84. The smallest absolute Gasteiger partial charge is 0.0611 e. The summed E-state index contributed by atoms with van der Waals surface area (Å²) in [5.41, 5.74) is -0.162. The second-order valence-corrected chi connectivity index (χ2v) is 5.84. The van der Waals surface area contributed by atoms with Crippen LogP contribution in [0.1, 0.15) is 52.4 Å². The molecule has 0 aromatic carbocycles. The van der Waals surface area contributed by atoms with Gasteiger partial charge < -0.3 is 15.2 Å². The molecule has 3 nitrogen and oxygen atoms in total. The van der Waals surface area contributed by atoms with Crippen LogP contribution in [0, 0.1) is 0 Å². The van der Waals surface area contributed by atoms with Crippen LogP contribution in [0.3, 0.4) is 0 Å². The highest BCUT2D eigenvalue weighted by Crippen LogP contribution is 2.28. The Morgan fingerprint density at radius 3 is 2.50 bits per heavy atom. The van der Waals surface area contributed by atoms with Crippen molar-refractivity contribution in [1.29, 1.82) is 0 Å². The summed E-state index contributed by atoms with van der Waals surface area (Å²) >= 11 is 0. The maximum absolute atomic E-state index is 9.50. The average molecular weight is 227 g/mol. The summed E-state index contributed by atoms with van der Waals surface area (Å²) < 4.78 is 5.93. The normalized spacial score (nSPS) is 27.2. The molecule has 0 aromatic rings. The minimum atomic E-state index is -0.162. The first-order valence-electron chi connectivity index (χ1n) is 6.65. The molecule has 0 radical (unpaired) electrons. The Morgan fingerprint density at radius 1 is 1.38 bits per heavy atom. The van der Waals surface area contributed by atoms with E-state index in [2.05, 4.69) is 19.2 Å². The number of aliphatic hydroxyl groups is 1. The third-order valence-electron chi connectivity index (χ3n) is 3.69. The van der Waals surface area contributed by atoms with Crippen LogP contribution >= 0.6 is 0 Å². The molecule has 2 atom stereocenters. The summed E-state index contributed by atoms with van der Waals surface area (Å²) in [5, 5.41) is 13.0. The van der Waals surface area contributed by atoms with Crippen molar-refractivity contribution in [2.45, 2.75) is 76.2 Å². The van der Waals surface area contributed by atoms with Gasteiger partial charge in [0.05, 0.1) is 18.8 Å². The van der Waals surface area contributed by atoms with Gasteiger partial charge in [0.25, 0.3) is 0 Å². The van der Waals surface area contributed by atoms with Crippen molar-refractivity contribution < 1.29 is 9.84 Å². The molecular formula is C13H25NO2. The highest BCUT2D eigenvalue weighted by Gasteiger charge is 2.34. The van der Waals surface area contributed by atoms with Crippen LogP contribution < -0.4 is 5.32 Å². The molecule has 2 fully saturated rings. The van der Waals surface area contributed by atoms with E-state index in [1.54, 1.807) is 0 Å². The van der Waals surface area contributed by atoms with Gasteiger partial charge in [0.2, 0.25) is 0 Å². The van der Waals surface area contributed by atoms with Crippen LogP contribution in [-0.4, -0.2) is 35.5 Å². The zero-order chi connectivity index (χ0) is 11.6. The fraction of sp³-hybridized carbons (Fsp3) is 1.00. The van der Waals surface area contributed by atoms with Gasteiger partial charge in [0.1, 0.15) is 0 Å². The lowest BCUT2D eigenvalue weighted by atomic mass is 9.93. The van der Waals surface area contributed by atoms with Crippen molar-refractivity contribution >= 4 is 0 Å². The Kier molecular flexibility index (Phi) is 3.88. The van der Waals surface area contributed by atoms with Gasteiger partial charge in [-0.05, 0) is 52.4 Å². The quantitative estimate of drug-likeness (QED) is 0.697. The monoisotopic (exact) mass is 227 g/mol. The minimum absolute atomic E-state index is 0.162. The molecule has 94 valence electrons. The van der Waals surface area contributed by atoms with Gasteiger partial charge in [-0.3, -0.25) is 0 Å². The number of ether oxygens (including phenoxy) is 1. The average Bonchev–Trinajstić information content (AvgIpc) is 2.95. The fourth-order valence-electron chi connectivity index (χ4n) is 2.41. The number of aliphatic hydroxyl groups excluding tert-OH is 1. The molecule has 0 saturated heterocycles. The lowest BCUT2D eigenvalue weighted by Crippen LogP contribution is -2.49. The zero-order valence-corrected chi connectivity index (χ0v) is 10.5. The Balaban J connectivity index is 1.74. The molecule has 2 unspecified atom stereocenters. The molecule has 16 heavy (non-hydrogen) atoms. The summed E-state index contributed by atoms with van der Waals surface area (Å²) in [7, 11) is 0. The van der Waals surface area contributed by atoms with Gasteiger partial charge in [0, 0.05) is 11.6 Å². The van der Waals surface area contributed by atoms with E-state index < -0.39 is 0 Å². The lowest BCUT2D eigenvalue weighted by Gasteiger charge is -2.35. The number of nitrogens with one attached hydrogen (secondary N) is 1. The van der Waals surface area contributed by atoms with Crippen molar-refractivity contribution in [3.8, 4) is 0 Å². The Bertz CT molecular complexity index is 226. The fourth-order valence-corrected chi connectivity index (χ4v) is 2.41. The van der Waals surface area contributed by atoms with Gasteiger partial charge >= 0.3 is 0 Å². The van der Waals surface area contributed by atoms with E-state index in [1.165, 1.54) is 32.1 Å². The standard InChI is InChI=1S/C13H25NO2/c1-10(16-12-4-3-5-12)8-13(2,9-15)14-11-6-7-11/h10-12,14-15H,3-9H2,1-2H3. The molecule has 0 amide bonds. The van der Waals surface area contributed by atoms with Crippen LogP contribution in [0.5, 0.6) is 0 Å². The lowest BCUT2D eigenvalue weighted by molar-refractivity contribution is -0.0587. The molecule has 0 spiro atoms. The third-order valence-corrected chi connectivity index (χ3v) is 3.69. The summed E-state index contributed by atoms with van der Waals surface area (Å²) in [4.78, 5) is 0. The SMILES string of the molecule is CC(CC(C)(CO)NC1CC1)OC1CCC1. The molecule has 2 N–H and O–H groups in total. The van der Waals surface area contributed by atoms with E-state index in [4.69, 9.17) is 4.74 Å². The van der Waals surface area contributed by atoms with Crippen LogP contribution in [0.15, 0.2) is 0 Å². The first-order valence-corrected chi connectivity index (χ1v) is 6.65. The Hall–Kier alpha value is -0.120. The second-order valence-electron chi connectivity index (χ2n) is 5.84. The second kappa shape index (κ2) is 5.03. The largest absolute Gasteiger partial charge is 0.394 e. The topological polar surface area (TPSA) is 41.5 Å². The summed E-state index contributed by atoms with van der Waals surface area (Å²) in [6.07, 6.45) is 7.89. The third kappa shape index (κ3) is 3.44. The molecule has 2 rings (SSSR count). The van der Waals surface area contributed by atoms with Gasteiger partial charge in [-0.15, -0.1) is 0 Å². The van der Waals surface area contributed by atoms with Crippen molar-refractivity contribution in [2.75, 3.05) is 6.61 Å². The minimum Gasteiger partial charge on any atom is -0.394 e. The summed E-state index contributed by atoms with van der Waals surface area (Å²) in [5.74, 6) is 0. The summed E-state index contributed by atoms with van der Waals surface area (Å²) in [6, 6.07) is 0.632. The molecule has 2 aliphatic rings. The van der Waals surface area contributed by atoms with Crippen LogP contribution in [0.25, 0.3) is 0 Å². The van der Waals surface area contributed by atoms with Crippen LogP contribution in [0.2, 0.25) is 0 Å². The van der Waals surface area contributed by atoms with Crippen molar-refractivity contribution in [3.05, 3.63) is 0 Å². The molecule has 0 bridgehead atoms. The van der Waals surface area contributed by atoms with E-state index in [0.29, 0.717) is 12.1 Å². The van der Waals surface area contributed by atoms with Gasteiger partial charge in [0.15, 0.2) is 0 Å². The summed E-state index contributed by atoms with van der Waals surface area (Å²) in [6.45, 7) is 4.43. The number of rotatable bonds is 7. The van der Waals surface area contributed by atoms with Crippen LogP contribution in [-0.2, 0) is 4.74 Å². The van der Waals surface area contributed by atoms with Crippen molar-refractivity contribution in [1.82, 2.24) is 5.32 Å². The highest BCUT2D eigenvalue weighted by atomic mass is 16.5. The maximum Gasteiger partial charge on any atom is 0.0611 e. The molecule has 0 aromatic heterocycles. The molecule has 2 saturated carbocycles. The van der Waals surface area contributed by atoms with Gasteiger partial charge in [-0.2, -0.15) is 0 Å².